The van der Waals surface area contributed by atoms with Gasteiger partial charge in [0.15, 0.2) is 5.76 Å². The summed E-state index contributed by atoms with van der Waals surface area (Å²) >= 11 is 0. The van der Waals surface area contributed by atoms with E-state index in [4.69, 9.17) is 13.9 Å². The summed E-state index contributed by atoms with van der Waals surface area (Å²) in [5.74, 6) is 1.71. The Balaban J connectivity index is 1.68. The Hall–Kier alpha value is -3.20. The van der Waals surface area contributed by atoms with Gasteiger partial charge in [-0.2, -0.15) is 0 Å². The van der Waals surface area contributed by atoms with Gasteiger partial charge in [0.25, 0.3) is 0 Å². The van der Waals surface area contributed by atoms with Crippen molar-refractivity contribution in [1.82, 2.24) is 0 Å². The highest BCUT2D eigenvalue weighted by atomic mass is 16.7. The molecule has 0 saturated carbocycles. The van der Waals surface area contributed by atoms with Gasteiger partial charge >= 0.3 is 5.79 Å². The maximum absolute atomic E-state index is 6.48. The average Bonchev–Trinajstić information content (AvgIpc) is 3.23. The molecular weight excluding hydrogens is 324 g/mol. The SMILES string of the molecule is c1coc([C@]23C[C@H](c4ccccc4O2)c2c(ccc4ccccc24)O3)c1. The Morgan fingerprint density at radius 3 is 2.54 bits per heavy atom. The van der Waals surface area contributed by atoms with E-state index in [1.807, 2.05) is 24.3 Å². The summed E-state index contributed by atoms with van der Waals surface area (Å²) in [5, 5.41) is 2.46. The molecule has 2 atom stereocenters. The fourth-order valence-electron chi connectivity index (χ4n) is 4.38. The normalized spacial score (nSPS) is 22.8. The van der Waals surface area contributed by atoms with Crippen molar-refractivity contribution in [3.8, 4) is 11.5 Å². The van der Waals surface area contributed by atoms with Crippen molar-refractivity contribution in [2.45, 2.75) is 18.1 Å². The average molecular weight is 340 g/mol. The van der Waals surface area contributed by atoms with E-state index in [0.29, 0.717) is 12.2 Å². The molecule has 3 heterocycles. The Kier molecular flexibility index (Phi) is 2.65. The lowest BCUT2D eigenvalue weighted by atomic mass is 9.78. The van der Waals surface area contributed by atoms with Crippen LogP contribution < -0.4 is 9.47 Å². The molecule has 126 valence electrons. The predicted molar refractivity (Wildman–Crippen MR) is 98.5 cm³/mol. The number of fused-ring (bicyclic) bond motifs is 8. The summed E-state index contributed by atoms with van der Waals surface area (Å²) in [6.45, 7) is 0. The van der Waals surface area contributed by atoms with Gasteiger partial charge in [-0.3, -0.25) is 0 Å². The van der Waals surface area contributed by atoms with Crippen LogP contribution in [0, 0.1) is 0 Å². The molecule has 0 amide bonds. The van der Waals surface area contributed by atoms with Crippen LogP contribution >= 0.6 is 0 Å². The van der Waals surface area contributed by atoms with Crippen LogP contribution in [0.1, 0.15) is 29.2 Å². The number of rotatable bonds is 1. The standard InChI is InChI=1S/C23H16O3/c1-2-7-16-15(6-1)11-12-20-22(16)18-14-23(26-20,21-10-5-13-24-21)25-19-9-4-3-8-17(18)19/h1-13,18H,14H2/t18-,23-/m1/s1. The Bertz CT molecular complexity index is 1130. The van der Waals surface area contributed by atoms with Gasteiger partial charge in [0, 0.05) is 23.5 Å². The second-order valence-electron chi connectivity index (χ2n) is 6.93. The number of hydrogen-bond donors (Lipinski definition) is 0. The quantitative estimate of drug-likeness (QED) is 0.452. The first kappa shape index (κ1) is 14.0. The number of para-hydroxylation sites is 1. The molecule has 3 aromatic carbocycles. The molecule has 0 N–H and O–H groups in total. The monoisotopic (exact) mass is 340 g/mol. The molecule has 2 bridgehead atoms. The first-order chi connectivity index (χ1) is 12.8. The molecule has 3 nitrogen and oxygen atoms in total. The summed E-state index contributed by atoms with van der Waals surface area (Å²) in [6, 6.07) is 24.7. The van der Waals surface area contributed by atoms with Gasteiger partial charge in [-0.15, -0.1) is 0 Å². The van der Waals surface area contributed by atoms with Crippen molar-refractivity contribution >= 4 is 10.8 Å². The largest absolute Gasteiger partial charge is 0.461 e. The zero-order chi connectivity index (χ0) is 17.1. The Morgan fingerprint density at radius 1 is 0.769 bits per heavy atom. The van der Waals surface area contributed by atoms with Crippen molar-refractivity contribution < 1.29 is 13.9 Å². The van der Waals surface area contributed by atoms with Gasteiger partial charge in [0.05, 0.1) is 6.26 Å². The molecule has 0 spiro atoms. The van der Waals surface area contributed by atoms with E-state index in [1.54, 1.807) is 6.26 Å². The highest BCUT2D eigenvalue weighted by Gasteiger charge is 2.51. The first-order valence-electron chi connectivity index (χ1n) is 8.87. The van der Waals surface area contributed by atoms with Crippen LogP contribution in [0.4, 0.5) is 0 Å². The van der Waals surface area contributed by atoms with Gasteiger partial charge in [-0.1, -0.05) is 48.5 Å². The summed E-state index contributed by atoms with van der Waals surface area (Å²) in [6.07, 6.45) is 2.36. The minimum atomic E-state index is -0.919. The summed E-state index contributed by atoms with van der Waals surface area (Å²) < 4.78 is 18.6. The van der Waals surface area contributed by atoms with Crippen LogP contribution in [0.2, 0.25) is 0 Å². The first-order valence-corrected chi connectivity index (χ1v) is 8.87. The lowest BCUT2D eigenvalue weighted by Gasteiger charge is -2.45. The zero-order valence-corrected chi connectivity index (χ0v) is 14.0. The lowest BCUT2D eigenvalue weighted by molar-refractivity contribution is -0.161. The minimum absolute atomic E-state index is 0.194. The number of benzene rings is 3. The van der Waals surface area contributed by atoms with Gasteiger partial charge in [0.1, 0.15) is 11.5 Å². The van der Waals surface area contributed by atoms with E-state index in [9.17, 15) is 0 Å². The second kappa shape index (κ2) is 4.92. The third kappa shape index (κ3) is 1.77. The van der Waals surface area contributed by atoms with E-state index in [2.05, 4.69) is 48.5 Å². The molecule has 0 saturated heterocycles. The Labute approximate surface area is 150 Å². The second-order valence-corrected chi connectivity index (χ2v) is 6.93. The van der Waals surface area contributed by atoms with Gasteiger partial charge < -0.3 is 13.9 Å². The topological polar surface area (TPSA) is 31.6 Å². The van der Waals surface area contributed by atoms with Gasteiger partial charge in [-0.05, 0) is 35.0 Å². The predicted octanol–water partition coefficient (Wildman–Crippen LogP) is 5.59. The van der Waals surface area contributed by atoms with Crippen LogP contribution in [0.15, 0.2) is 83.5 Å². The summed E-state index contributed by atoms with van der Waals surface area (Å²) in [7, 11) is 0. The van der Waals surface area contributed by atoms with Crippen LogP contribution in [-0.4, -0.2) is 0 Å². The highest BCUT2D eigenvalue weighted by Crippen LogP contribution is 2.56. The molecule has 1 aromatic heterocycles. The fourth-order valence-corrected chi connectivity index (χ4v) is 4.38. The van der Waals surface area contributed by atoms with E-state index in [1.165, 1.54) is 21.9 Å². The molecule has 0 radical (unpaired) electrons. The fraction of sp³-hybridized carbons (Fsp3) is 0.130. The maximum atomic E-state index is 6.48. The zero-order valence-electron chi connectivity index (χ0n) is 14.0. The van der Waals surface area contributed by atoms with Crippen LogP contribution in [0.5, 0.6) is 11.5 Å². The van der Waals surface area contributed by atoms with Crippen LogP contribution in [-0.2, 0) is 5.79 Å². The van der Waals surface area contributed by atoms with Crippen molar-refractivity contribution in [3.05, 3.63) is 95.9 Å². The number of ether oxygens (including phenoxy) is 2. The van der Waals surface area contributed by atoms with E-state index in [-0.39, 0.29) is 5.92 Å². The molecule has 0 aliphatic carbocycles. The third-order valence-corrected chi connectivity index (χ3v) is 5.49. The molecule has 4 aromatic rings. The van der Waals surface area contributed by atoms with Crippen molar-refractivity contribution in [2.75, 3.05) is 0 Å². The number of furan rings is 1. The number of hydrogen-bond acceptors (Lipinski definition) is 3. The smallest absolute Gasteiger partial charge is 0.311 e. The van der Waals surface area contributed by atoms with Crippen molar-refractivity contribution in [1.29, 1.82) is 0 Å². The third-order valence-electron chi connectivity index (χ3n) is 5.49. The van der Waals surface area contributed by atoms with E-state index >= 15 is 0 Å². The van der Waals surface area contributed by atoms with Crippen molar-refractivity contribution in [3.63, 3.8) is 0 Å². The van der Waals surface area contributed by atoms with Gasteiger partial charge in [-0.25, -0.2) is 0 Å². The molecular formula is C23H16O3. The van der Waals surface area contributed by atoms with Gasteiger partial charge in [0.2, 0.25) is 0 Å². The van der Waals surface area contributed by atoms with Crippen molar-refractivity contribution in [2.24, 2.45) is 0 Å². The molecule has 6 rings (SSSR count). The molecule has 0 unspecified atom stereocenters. The highest BCUT2D eigenvalue weighted by molar-refractivity contribution is 5.89. The maximum Gasteiger partial charge on any atom is 0.311 e. The van der Waals surface area contributed by atoms with Crippen LogP contribution in [0.25, 0.3) is 10.8 Å². The summed E-state index contributed by atoms with van der Waals surface area (Å²) in [4.78, 5) is 0. The lowest BCUT2D eigenvalue weighted by Crippen LogP contribution is -2.46. The van der Waals surface area contributed by atoms with E-state index in [0.717, 1.165) is 11.5 Å². The molecule has 0 fully saturated rings. The molecule has 26 heavy (non-hydrogen) atoms. The summed E-state index contributed by atoms with van der Waals surface area (Å²) in [5.41, 5.74) is 2.44. The Morgan fingerprint density at radius 2 is 1.62 bits per heavy atom. The molecule has 3 heteroatoms. The molecule has 2 aliphatic heterocycles. The minimum Gasteiger partial charge on any atom is -0.461 e. The van der Waals surface area contributed by atoms with Crippen LogP contribution in [0.3, 0.4) is 0 Å². The molecule has 2 aliphatic rings. The van der Waals surface area contributed by atoms with E-state index < -0.39 is 5.79 Å².